The molecular weight excluding hydrogens is 314 g/mol. The van der Waals surface area contributed by atoms with Crippen LogP contribution in [0.25, 0.3) is 10.8 Å². The lowest BCUT2D eigenvalue weighted by atomic mass is 10.1. The third kappa shape index (κ3) is 3.43. The highest BCUT2D eigenvalue weighted by molar-refractivity contribution is 7.10. The highest BCUT2D eigenvalue weighted by Crippen LogP contribution is 2.34. The molecule has 0 aliphatic carbocycles. The van der Waals surface area contributed by atoms with E-state index in [1.54, 1.807) is 11.3 Å². The Bertz CT molecular complexity index is 735. The Labute approximate surface area is 141 Å². The molecule has 1 unspecified atom stereocenters. The molecule has 116 valence electrons. The van der Waals surface area contributed by atoms with E-state index in [1.165, 1.54) is 15.8 Å². The lowest BCUT2D eigenvalue weighted by Gasteiger charge is -2.19. The van der Waals surface area contributed by atoms with Crippen molar-refractivity contribution in [3.05, 3.63) is 64.4 Å². The van der Waals surface area contributed by atoms with Crippen molar-refractivity contribution >= 4 is 34.5 Å². The molecule has 2 nitrogen and oxygen atoms in total. The lowest BCUT2D eigenvalue weighted by Crippen LogP contribution is -2.13. The third-order valence-corrected chi connectivity index (χ3v) is 4.75. The van der Waals surface area contributed by atoms with Crippen LogP contribution in [-0.4, -0.2) is 6.54 Å². The number of nitrogens with two attached hydrogens (primary N) is 1. The first-order valence-corrected chi connectivity index (χ1v) is 8.06. The van der Waals surface area contributed by atoms with Gasteiger partial charge in [0.1, 0.15) is 11.9 Å². The first kappa shape index (κ1) is 16.8. The zero-order chi connectivity index (χ0) is 14.7. The van der Waals surface area contributed by atoms with E-state index in [2.05, 4.69) is 36.6 Å². The number of hydrogen-bond donors (Lipinski definition) is 1. The number of halogens is 1. The molecule has 0 fully saturated rings. The minimum Gasteiger partial charge on any atom is -0.484 e. The number of fused-ring (bicyclic) bond motifs is 1. The van der Waals surface area contributed by atoms with Crippen LogP contribution in [0, 0.1) is 6.92 Å². The second-order valence-corrected chi connectivity index (χ2v) is 6.08. The molecule has 0 saturated carbocycles. The summed E-state index contributed by atoms with van der Waals surface area (Å²) in [6, 6.07) is 16.6. The molecule has 1 aromatic heterocycles. The summed E-state index contributed by atoms with van der Waals surface area (Å²) >= 11 is 1.74. The van der Waals surface area contributed by atoms with Gasteiger partial charge in [0, 0.05) is 16.7 Å². The van der Waals surface area contributed by atoms with Gasteiger partial charge in [0.15, 0.2) is 0 Å². The van der Waals surface area contributed by atoms with Gasteiger partial charge in [0.25, 0.3) is 0 Å². The molecular formula is C18H20ClNOS. The molecule has 2 N–H and O–H groups in total. The van der Waals surface area contributed by atoms with Crippen molar-refractivity contribution in [1.82, 2.24) is 0 Å². The Kier molecular flexibility index (Phi) is 5.83. The van der Waals surface area contributed by atoms with E-state index >= 15 is 0 Å². The monoisotopic (exact) mass is 333 g/mol. The van der Waals surface area contributed by atoms with E-state index in [0.717, 1.165) is 17.6 Å². The summed E-state index contributed by atoms with van der Waals surface area (Å²) < 4.78 is 6.32. The number of thiophene rings is 1. The first-order chi connectivity index (χ1) is 10.3. The van der Waals surface area contributed by atoms with Gasteiger partial charge in [0.2, 0.25) is 0 Å². The average molecular weight is 334 g/mol. The number of hydrogen-bond acceptors (Lipinski definition) is 3. The molecule has 0 saturated heterocycles. The molecule has 0 aliphatic heterocycles. The quantitative estimate of drug-likeness (QED) is 0.705. The highest BCUT2D eigenvalue weighted by Gasteiger charge is 2.17. The van der Waals surface area contributed by atoms with Gasteiger partial charge in [-0.3, -0.25) is 0 Å². The Morgan fingerprint density at radius 3 is 2.59 bits per heavy atom. The maximum atomic E-state index is 6.32. The summed E-state index contributed by atoms with van der Waals surface area (Å²) in [6.45, 7) is 2.74. The van der Waals surface area contributed by atoms with Gasteiger partial charge in [-0.25, -0.2) is 0 Å². The van der Waals surface area contributed by atoms with Gasteiger partial charge in [-0.2, -0.15) is 0 Å². The van der Waals surface area contributed by atoms with Crippen LogP contribution in [0.5, 0.6) is 5.75 Å². The Balaban J connectivity index is 0.00000176. The molecule has 0 spiro atoms. The molecule has 1 heterocycles. The van der Waals surface area contributed by atoms with Crippen LogP contribution >= 0.6 is 23.7 Å². The van der Waals surface area contributed by atoms with Crippen LogP contribution in [0.2, 0.25) is 0 Å². The minimum absolute atomic E-state index is 0. The van der Waals surface area contributed by atoms with Crippen LogP contribution in [-0.2, 0) is 0 Å². The van der Waals surface area contributed by atoms with Gasteiger partial charge >= 0.3 is 0 Å². The Morgan fingerprint density at radius 1 is 1.09 bits per heavy atom. The summed E-state index contributed by atoms with van der Waals surface area (Å²) in [5.41, 5.74) is 7.05. The van der Waals surface area contributed by atoms with Crippen molar-refractivity contribution < 1.29 is 4.74 Å². The second kappa shape index (κ2) is 7.63. The molecule has 0 aliphatic rings. The lowest BCUT2D eigenvalue weighted by molar-refractivity contribution is 0.203. The molecule has 4 heteroatoms. The smallest absolute Gasteiger partial charge is 0.134 e. The molecule has 3 rings (SSSR count). The van der Waals surface area contributed by atoms with Crippen LogP contribution in [0.15, 0.2) is 53.9 Å². The van der Waals surface area contributed by atoms with E-state index in [-0.39, 0.29) is 18.5 Å². The minimum atomic E-state index is 0. The number of aryl methyl sites for hydroxylation is 1. The van der Waals surface area contributed by atoms with Gasteiger partial charge in [-0.15, -0.1) is 23.7 Å². The zero-order valence-electron chi connectivity index (χ0n) is 12.5. The Hall–Kier alpha value is -1.55. The van der Waals surface area contributed by atoms with Crippen molar-refractivity contribution in [2.75, 3.05) is 6.54 Å². The maximum Gasteiger partial charge on any atom is 0.134 e. The van der Waals surface area contributed by atoms with Gasteiger partial charge < -0.3 is 10.5 Å². The molecule has 1 atom stereocenters. The van der Waals surface area contributed by atoms with E-state index < -0.39 is 0 Å². The van der Waals surface area contributed by atoms with E-state index in [9.17, 15) is 0 Å². The van der Waals surface area contributed by atoms with Crippen molar-refractivity contribution in [3.8, 4) is 5.75 Å². The predicted octanol–water partition coefficient (Wildman–Crippen LogP) is 5.10. The summed E-state index contributed by atoms with van der Waals surface area (Å²) in [7, 11) is 0. The number of ether oxygens (including phenoxy) is 1. The van der Waals surface area contributed by atoms with Crippen molar-refractivity contribution in [3.63, 3.8) is 0 Å². The van der Waals surface area contributed by atoms with Crippen molar-refractivity contribution in [2.45, 2.75) is 19.4 Å². The van der Waals surface area contributed by atoms with Gasteiger partial charge in [-0.05, 0) is 41.9 Å². The maximum absolute atomic E-state index is 6.32. The first-order valence-electron chi connectivity index (χ1n) is 7.18. The zero-order valence-corrected chi connectivity index (χ0v) is 14.1. The summed E-state index contributed by atoms with van der Waals surface area (Å²) in [6.07, 6.45) is 0.853. The normalized spacial score (nSPS) is 11.9. The number of rotatable bonds is 5. The van der Waals surface area contributed by atoms with Crippen LogP contribution in [0.3, 0.4) is 0 Å². The molecule has 2 aromatic carbocycles. The van der Waals surface area contributed by atoms with Crippen LogP contribution in [0.1, 0.15) is 23.0 Å². The van der Waals surface area contributed by atoms with E-state index in [4.69, 9.17) is 10.5 Å². The molecule has 0 bridgehead atoms. The summed E-state index contributed by atoms with van der Waals surface area (Å²) in [4.78, 5) is 1.27. The van der Waals surface area contributed by atoms with Crippen LogP contribution < -0.4 is 10.5 Å². The predicted molar refractivity (Wildman–Crippen MR) is 97.3 cm³/mol. The second-order valence-electron chi connectivity index (χ2n) is 5.13. The standard InChI is InChI=1S/C18H19NOS.ClH/c1-13-10-12-21-18(13)17(9-11-19)20-16-8-4-6-14-5-2-3-7-15(14)16;/h2-8,10,12,17H,9,11,19H2,1H3;1H. The fourth-order valence-corrected chi connectivity index (χ4v) is 3.55. The Morgan fingerprint density at radius 2 is 1.86 bits per heavy atom. The highest BCUT2D eigenvalue weighted by atomic mass is 35.5. The van der Waals surface area contributed by atoms with Crippen molar-refractivity contribution in [2.24, 2.45) is 5.73 Å². The topological polar surface area (TPSA) is 35.2 Å². The average Bonchev–Trinajstić information content (AvgIpc) is 2.93. The molecule has 3 aromatic rings. The van der Waals surface area contributed by atoms with E-state index in [1.807, 2.05) is 24.3 Å². The molecule has 0 radical (unpaired) electrons. The van der Waals surface area contributed by atoms with Gasteiger partial charge in [0.05, 0.1) is 0 Å². The van der Waals surface area contributed by atoms with E-state index in [0.29, 0.717) is 6.54 Å². The summed E-state index contributed by atoms with van der Waals surface area (Å²) in [5, 5.41) is 4.46. The fourth-order valence-electron chi connectivity index (χ4n) is 2.56. The SMILES string of the molecule is Cc1ccsc1C(CCN)Oc1cccc2ccccc12.Cl. The summed E-state index contributed by atoms with van der Waals surface area (Å²) in [5.74, 6) is 0.930. The largest absolute Gasteiger partial charge is 0.484 e. The molecule has 0 amide bonds. The third-order valence-electron chi connectivity index (χ3n) is 3.64. The molecule has 22 heavy (non-hydrogen) atoms. The number of benzene rings is 2. The van der Waals surface area contributed by atoms with Crippen molar-refractivity contribution in [1.29, 1.82) is 0 Å². The van der Waals surface area contributed by atoms with Crippen LogP contribution in [0.4, 0.5) is 0 Å². The fraction of sp³-hybridized carbons (Fsp3) is 0.222. The van der Waals surface area contributed by atoms with Gasteiger partial charge in [-0.1, -0.05) is 36.4 Å².